The summed E-state index contributed by atoms with van der Waals surface area (Å²) in [5, 5.41) is 0. The summed E-state index contributed by atoms with van der Waals surface area (Å²) in [6.07, 6.45) is 3.18. The molecule has 0 bridgehead atoms. The molecule has 0 heterocycles. The van der Waals surface area contributed by atoms with E-state index < -0.39 is 35.8 Å². The van der Waals surface area contributed by atoms with Gasteiger partial charge in [-0.3, -0.25) is 0 Å². The molecule has 0 aromatic heterocycles. The monoisotopic (exact) mass is 384 g/mol. The summed E-state index contributed by atoms with van der Waals surface area (Å²) in [4.78, 5) is 0. The Balaban J connectivity index is 4.51. The van der Waals surface area contributed by atoms with Gasteiger partial charge in [-0.25, -0.2) is 0 Å². The average Bonchev–Trinajstić information content (AvgIpc) is 2.20. The molecule has 17 heavy (non-hydrogen) atoms. The molecule has 0 saturated carbocycles. The van der Waals surface area contributed by atoms with Gasteiger partial charge in [-0.1, -0.05) is 0 Å². The molecule has 0 aromatic carbocycles. The van der Waals surface area contributed by atoms with Crippen LogP contribution in [0.3, 0.4) is 0 Å². The molecule has 0 unspecified atom stereocenters. The third-order valence-electron chi connectivity index (χ3n) is 2.31. The molecule has 0 radical (unpaired) electrons. The quantitative estimate of drug-likeness (QED) is 0.478. The predicted octanol–water partition coefficient (Wildman–Crippen LogP) is 3.18. The van der Waals surface area contributed by atoms with Crippen molar-refractivity contribution in [3.8, 4) is 0 Å². The van der Waals surface area contributed by atoms with Gasteiger partial charge in [-0.05, 0) is 0 Å². The van der Waals surface area contributed by atoms with Crippen LogP contribution in [-0.2, 0) is 12.6 Å². The van der Waals surface area contributed by atoms with Gasteiger partial charge in [0.25, 0.3) is 0 Å². The minimum absolute atomic E-state index is 0.549. The number of unbranched alkanes of at least 4 members (excludes halogenated alkanes) is 2. The second-order valence-electron chi connectivity index (χ2n) is 3.90. The Kier molecular flexibility index (Phi) is 8.06. The van der Waals surface area contributed by atoms with Gasteiger partial charge in [-0.2, -0.15) is 0 Å². The molecule has 0 rings (SSSR count). The summed E-state index contributed by atoms with van der Waals surface area (Å²) >= 11 is -3.04. The van der Waals surface area contributed by atoms with Crippen molar-refractivity contribution in [2.24, 2.45) is 0 Å². The zero-order chi connectivity index (χ0) is 13.5. The number of alkyl halides is 3. The molecule has 0 amide bonds. The Morgan fingerprint density at radius 3 is 1.76 bits per heavy atom. The minimum atomic E-state index is -5.36. The maximum atomic E-state index is 12.2. The van der Waals surface area contributed by atoms with Crippen molar-refractivity contribution < 1.29 is 24.1 Å². The summed E-state index contributed by atoms with van der Waals surface area (Å²) in [6, 6.07) is 0. The van der Waals surface area contributed by atoms with Gasteiger partial charge >= 0.3 is 108 Å². The Morgan fingerprint density at radius 1 is 1.06 bits per heavy atom. The van der Waals surface area contributed by atoms with Crippen LogP contribution in [0.15, 0.2) is 0 Å². The molecule has 0 fully saturated rings. The zero-order valence-electron chi connectivity index (χ0n) is 10.1. The standard InChI is InChI=1S/2C4H9.CHF3O3S.Sn.H/c2*1-3-4-2;2-1(3,4)8(5,6)7;;/h2*1,3-4H2,2H3;(H,5,6,7);;/q;;;+1;/p-1. The van der Waals surface area contributed by atoms with Crippen LogP contribution in [0.2, 0.25) is 8.87 Å². The molecule has 3 nitrogen and oxygen atoms in total. The van der Waals surface area contributed by atoms with E-state index in [0.717, 1.165) is 25.7 Å². The fourth-order valence-corrected chi connectivity index (χ4v) is 13.4. The molecular formula is C9H19F3O3SSn. The Hall–Kier alpha value is 0.499. The Bertz CT molecular complexity index is 295. The summed E-state index contributed by atoms with van der Waals surface area (Å²) in [7, 11) is -5.36. The van der Waals surface area contributed by atoms with Crippen LogP contribution in [0.25, 0.3) is 0 Å². The van der Waals surface area contributed by atoms with Crippen LogP contribution in [0.1, 0.15) is 39.5 Å². The first-order chi connectivity index (χ1) is 7.74. The van der Waals surface area contributed by atoms with Gasteiger partial charge in [0.05, 0.1) is 0 Å². The van der Waals surface area contributed by atoms with Gasteiger partial charge in [-0.15, -0.1) is 0 Å². The topological polar surface area (TPSA) is 43.4 Å². The van der Waals surface area contributed by atoms with Crippen molar-refractivity contribution in [3.05, 3.63) is 0 Å². The van der Waals surface area contributed by atoms with E-state index in [1.165, 1.54) is 0 Å². The van der Waals surface area contributed by atoms with Crippen molar-refractivity contribution in [3.63, 3.8) is 0 Å². The van der Waals surface area contributed by atoms with Crippen LogP contribution < -0.4 is 0 Å². The Labute approximate surface area is 108 Å². The second kappa shape index (κ2) is 7.83. The van der Waals surface area contributed by atoms with Crippen molar-refractivity contribution in [1.29, 1.82) is 0 Å². The SMILES string of the molecule is CCC[CH2][SnH]([CH2]CCC)[O]S(=O)(=O)C(F)(F)F. The molecule has 8 heteroatoms. The number of hydrogen-bond donors (Lipinski definition) is 0. The summed E-state index contributed by atoms with van der Waals surface area (Å²) < 4.78 is 63.8. The van der Waals surface area contributed by atoms with Gasteiger partial charge in [0.15, 0.2) is 0 Å². The normalized spacial score (nSPS) is 13.3. The Morgan fingerprint density at radius 2 is 1.47 bits per heavy atom. The molecule has 0 saturated heterocycles. The molecule has 0 aliphatic heterocycles. The first kappa shape index (κ1) is 17.5. The summed E-state index contributed by atoms with van der Waals surface area (Å²) in [5.74, 6) is 0. The van der Waals surface area contributed by atoms with Gasteiger partial charge in [0.2, 0.25) is 0 Å². The van der Waals surface area contributed by atoms with Crippen LogP contribution in [-0.4, -0.2) is 34.1 Å². The molecular weight excluding hydrogens is 364 g/mol. The van der Waals surface area contributed by atoms with Crippen molar-refractivity contribution in [1.82, 2.24) is 0 Å². The van der Waals surface area contributed by atoms with E-state index in [-0.39, 0.29) is 0 Å². The molecule has 0 atom stereocenters. The predicted molar refractivity (Wildman–Crippen MR) is 62.6 cm³/mol. The third-order valence-corrected chi connectivity index (χ3v) is 13.9. The number of halogens is 3. The van der Waals surface area contributed by atoms with E-state index in [2.05, 4.69) is 2.52 Å². The number of hydrogen-bond acceptors (Lipinski definition) is 3. The van der Waals surface area contributed by atoms with E-state index >= 15 is 0 Å². The first-order valence-corrected chi connectivity index (χ1v) is 13.2. The van der Waals surface area contributed by atoms with Gasteiger partial charge in [0.1, 0.15) is 0 Å². The summed E-state index contributed by atoms with van der Waals surface area (Å²) in [6.45, 7) is 3.84. The maximum absolute atomic E-state index is 12.2. The van der Waals surface area contributed by atoms with E-state index in [0.29, 0.717) is 8.87 Å². The first-order valence-electron chi connectivity index (χ1n) is 5.74. The molecule has 0 N–H and O–H groups in total. The molecule has 0 aromatic rings. The zero-order valence-corrected chi connectivity index (χ0v) is 14.2. The van der Waals surface area contributed by atoms with Crippen molar-refractivity contribution in [2.75, 3.05) is 0 Å². The van der Waals surface area contributed by atoms with Gasteiger partial charge < -0.3 is 0 Å². The second-order valence-corrected chi connectivity index (χ2v) is 14.0. The number of rotatable bonds is 8. The van der Waals surface area contributed by atoms with Crippen LogP contribution in [0.5, 0.6) is 0 Å². The van der Waals surface area contributed by atoms with E-state index in [1.54, 1.807) is 0 Å². The molecule has 0 aliphatic rings. The van der Waals surface area contributed by atoms with Crippen LogP contribution in [0.4, 0.5) is 13.2 Å². The fraction of sp³-hybridized carbons (Fsp3) is 1.00. The molecule has 0 spiro atoms. The van der Waals surface area contributed by atoms with Crippen LogP contribution >= 0.6 is 0 Å². The van der Waals surface area contributed by atoms with Crippen LogP contribution in [0, 0.1) is 0 Å². The van der Waals surface area contributed by atoms with E-state index in [4.69, 9.17) is 0 Å². The van der Waals surface area contributed by atoms with E-state index in [9.17, 15) is 21.6 Å². The van der Waals surface area contributed by atoms with Crippen molar-refractivity contribution in [2.45, 2.75) is 53.9 Å². The van der Waals surface area contributed by atoms with Crippen molar-refractivity contribution >= 4 is 30.3 Å². The summed E-state index contributed by atoms with van der Waals surface area (Å²) in [5.41, 5.74) is -5.28. The molecule has 0 aliphatic carbocycles. The van der Waals surface area contributed by atoms with Gasteiger partial charge in [0, 0.05) is 0 Å². The average molecular weight is 383 g/mol. The third kappa shape index (κ3) is 6.85. The fourth-order valence-electron chi connectivity index (χ4n) is 1.34. The molecule has 104 valence electrons. The van der Waals surface area contributed by atoms with E-state index in [1.807, 2.05) is 13.8 Å².